The average molecular weight is 287 g/mol. The standard InChI is InChI=1S/C12H19BrN2O/c1-3-4-5-6-7-14-12(16)11-8-10(13)9-15(11)2/h8-9H,3-7H2,1-2H3,(H,14,16). The summed E-state index contributed by atoms with van der Waals surface area (Å²) >= 11 is 3.35. The number of aryl methyl sites for hydroxylation is 1. The quantitative estimate of drug-likeness (QED) is 0.801. The molecule has 1 heterocycles. The average Bonchev–Trinajstić information content (AvgIpc) is 2.57. The molecule has 3 nitrogen and oxygen atoms in total. The Morgan fingerprint density at radius 2 is 2.19 bits per heavy atom. The Labute approximate surface area is 105 Å². The Bertz CT molecular complexity index is 347. The molecule has 90 valence electrons. The van der Waals surface area contributed by atoms with Crippen molar-refractivity contribution in [3.63, 3.8) is 0 Å². The van der Waals surface area contributed by atoms with Crippen molar-refractivity contribution >= 4 is 21.8 Å². The largest absolute Gasteiger partial charge is 0.351 e. The van der Waals surface area contributed by atoms with Crippen LogP contribution in [0, 0.1) is 0 Å². The van der Waals surface area contributed by atoms with E-state index in [-0.39, 0.29) is 5.91 Å². The highest BCUT2D eigenvalue weighted by molar-refractivity contribution is 9.10. The SMILES string of the molecule is CCCCCCNC(=O)c1cc(Br)cn1C. The third-order valence-corrected chi connectivity index (χ3v) is 2.95. The molecule has 0 saturated carbocycles. The van der Waals surface area contributed by atoms with Crippen molar-refractivity contribution in [2.24, 2.45) is 7.05 Å². The maximum atomic E-state index is 11.8. The second kappa shape index (κ2) is 6.74. The van der Waals surface area contributed by atoms with Crippen molar-refractivity contribution in [2.45, 2.75) is 32.6 Å². The maximum Gasteiger partial charge on any atom is 0.267 e. The number of amides is 1. The van der Waals surface area contributed by atoms with Crippen LogP contribution in [0.2, 0.25) is 0 Å². The Morgan fingerprint density at radius 1 is 1.44 bits per heavy atom. The predicted octanol–water partition coefficient (Wildman–Crippen LogP) is 3.10. The Kier molecular flexibility index (Phi) is 5.60. The van der Waals surface area contributed by atoms with Crippen LogP contribution in [-0.4, -0.2) is 17.0 Å². The van der Waals surface area contributed by atoms with Gasteiger partial charge in [0, 0.05) is 24.3 Å². The molecule has 16 heavy (non-hydrogen) atoms. The Hall–Kier alpha value is -0.770. The smallest absolute Gasteiger partial charge is 0.267 e. The van der Waals surface area contributed by atoms with Gasteiger partial charge in [0.2, 0.25) is 0 Å². The van der Waals surface area contributed by atoms with E-state index in [4.69, 9.17) is 0 Å². The molecule has 1 amide bonds. The minimum absolute atomic E-state index is 0.00435. The second-order valence-electron chi connectivity index (χ2n) is 3.97. The summed E-state index contributed by atoms with van der Waals surface area (Å²) in [5.74, 6) is 0.00435. The van der Waals surface area contributed by atoms with E-state index in [1.807, 2.05) is 23.9 Å². The molecule has 1 aromatic heterocycles. The lowest BCUT2D eigenvalue weighted by Crippen LogP contribution is -2.26. The van der Waals surface area contributed by atoms with Crippen molar-refractivity contribution in [1.82, 2.24) is 9.88 Å². The van der Waals surface area contributed by atoms with Crippen LogP contribution in [0.5, 0.6) is 0 Å². The molecule has 0 unspecified atom stereocenters. The van der Waals surface area contributed by atoms with E-state index < -0.39 is 0 Å². The van der Waals surface area contributed by atoms with Crippen LogP contribution < -0.4 is 5.32 Å². The summed E-state index contributed by atoms with van der Waals surface area (Å²) in [4.78, 5) is 11.8. The summed E-state index contributed by atoms with van der Waals surface area (Å²) in [6.45, 7) is 2.95. The second-order valence-corrected chi connectivity index (χ2v) is 4.89. The van der Waals surface area contributed by atoms with Gasteiger partial charge in [-0.25, -0.2) is 0 Å². The zero-order chi connectivity index (χ0) is 12.0. The van der Waals surface area contributed by atoms with Gasteiger partial charge in [-0.05, 0) is 28.4 Å². The van der Waals surface area contributed by atoms with Crippen LogP contribution in [0.15, 0.2) is 16.7 Å². The molecule has 1 rings (SSSR count). The summed E-state index contributed by atoms with van der Waals surface area (Å²) in [5.41, 5.74) is 0.697. The van der Waals surface area contributed by atoms with Crippen LogP contribution in [0.3, 0.4) is 0 Å². The van der Waals surface area contributed by atoms with Gasteiger partial charge in [-0.3, -0.25) is 4.79 Å². The molecule has 0 atom stereocenters. The Balaban J connectivity index is 2.33. The molecule has 0 aromatic carbocycles. The van der Waals surface area contributed by atoms with E-state index in [0.717, 1.165) is 17.4 Å². The van der Waals surface area contributed by atoms with E-state index in [1.165, 1.54) is 19.3 Å². The first-order valence-electron chi connectivity index (χ1n) is 5.75. The molecule has 0 fully saturated rings. The van der Waals surface area contributed by atoms with Crippen molar-refractivity contribution in [2.75, 3.05) is 6.54 Å². The number of nitrogens with zero attached hydrogens (tertiary/aromatic N) is 1. The number of carbonyl (C=O) groups is 1. The zero-order valence-corrected chi connectivity index (χ0v) is 11.5. The molecule has 0 spiro atoms. The number of nitrogens with one attached hydrogen (secondary N) is 1. The first-order valence-corrected chi connectivity index (χ1v) is 6.54. The van der Waals surface area contributed by atoms with Gasteiger partial charge < -0.3 is 9.88 Å². The lowest BCUT2D eigenvalue weighted by molar-refractivity contribution is 0.0945. The van der Waals surface area contributed by atoms with E-state index in [9.17, 15) is 4.79 Å². The molecule has 0 bridgehead atoms. The molecular formula is C12H19BrN2O. The molecule has 1 aromatic rings. The van der Waals surface area contributed by atoms with Gasteiger partial charge in [-0.2, -0.15) is 0 Å². The summed E-state index contributed by atoms with van der Waals surface area (Å²) in [6, 6.07) is 1.83. The van der Waals surface area contributed by atoms with E-state index in [2.05, 4.69) is 28.2 Å². The molecule has 0 radical (unpaired) electrons. The fraction of sp³-hybridized carbons (Fsp3) is 0.583. The van der Waals surface area contributed by atoms with Crippen molar-refractivity contribution in [3.8, 4) is 0 Å². The summed E-state index contributed by atoms with van der Waals surface area (Å²) in [5, 5.41) is 2.93. The molecule has 0 aliphatic heterocycles. The van der Waals surface area contributed by atoms with Gasteiger partial charge >= 0.3 is 0 Å². The molecular weight excluding hydrogens is 268 g/mol. The van der Waals surface area contributed by atoms with Gasteiger partial charge in [-0.15, -0.1) is 0 Å². The number of carbonyl (C=O) groups excluding carboxylic acids is 1. The third kappa shape index (κ3) is 4.00. The monoisotopic (exact) mass is 286 g/mol. The minimum Gasteiger partial charge on any atom is -0.351 e. The van der Waals surface area contributed by atoms with Crippen LogP contribution in [0.25, 0.3) is 0 Å². The first kappa shape index (κ1) is 13.3. The van der Waals surface area contributed by atoms with Crippen LogP contribution in [0.4, 0.5) is 0 Å². The topological polar surface area (TPSA) is 34.0 Å². The number of aromatic nitrogens is 1. The van der Waals surface area contributed by atoms with Gasteiger partial charge in [0.15, 0.2) is 0 Å². The number of hydrogen-bond donors (Lipinski definition) is 1. The molecule has 4 heteroatoms. The van der Waals surface area contributed by atoms with Crippen molar-refractivity contribution < 1.29 is 4.79 Å². The number of unbranched alkanes of at least 4 members (excludes halogenated alkanes) is 3. The zero-order valence-electron chi connectivity index (χ0n) is 9.92. The fourth-order valence-electron chi connectivity index (χ4n) is 1.59. The highest BCUT2D eigenvalue weighted by Crippen LogP contribution is 2.13. The lowest BCUT2D eigenvalue weighted by atomic mass is 10.2. The Morgan fingerprint density at radius 3 is 2.75 bits per heavy atom. The van der Waals surface area contributed by atoms with E-state index >= 15 is 0 Å². The lowest BCUT2D eigenvalue weighted by Gasteiger charge is -2.05. The van der Waals surface area contributed by atoms with Crippen molar-refractivity contribution in [1.29, 1.82) is 0 Å². The maximum absolute atomic E-state index is 11.8. The van der Waals surface area contributed by atoms with Crippen LogP contribution in [-0.2, 0) is 7.05 Å². The van der Waals surface area contributed by atoms with E-state index in [1.54, 1.807) is 0 Å². The van der Waals surface area contributed by atoms with E-state index in [0.29, 0.717) is 5.69 Å². The normalized spacial score (nSPS) is 10.4. The van der Waals surface area contributed by atoms with Crippen LogP contribution >= 0.6 is 15.9 Å². The molecule has 1 N–H and O–H groups in total. The van der Waals surface area contributed by atoms with Gasteiger partial charge in [0.1, 0.15) is 5.69 Å². The summed E-state index contributed by atoms with van der Waals surface area (Å²) in [6.07, 6.45) is 6.59. The van der Waals surface area contributed by atoms with Gasteiger partial charge in [-0.1, -0.05) is 26.2 Å². The number of rotatable bonds is 6. The minimum atomic E-state index is 0.00435. The molecule has 0 aliphatic rings. The molecule has 0 aliphatic carbocycles. The first-order chi connectivity index (χ1) is 7.65. The molecule has 0 saturated heterocycles. The highest BCUT2D eigenvalue weighted by Gasteiger charge is 2.09. The highest BCUT2D eigenvalue weighted by atomic mass is 79.9. The fourth-order valence-corrected chi connectivity index (χ4v) is 2.12. The summed E-state index contributed by atoms with van der Waals surface area (Å²) < 4.78 is 2.76. The third-order valence-electron chi connectivity index (χ3n) is 2.52. The number of hydrogen-bond acceptors (Lipinski definition) is 1. The predicted molar refractivity (Wildman–Crippen MR) is 69.6 cm³/mol. The van der Waals surface area contributed by atoms with Crippen molar-refractivity contribution in [3.05, 3.63) is 22.4 Å². The van der Waals surface area contributed by atoms with Gasteiger partial charge in [0.05, 0.1) is 0 Å². The number of halogens is 1. The van der Waals surface area contributed by atoms with Gasteiger partial charge in [0.25, 0.3) is 5.91 Å². The summed E-state index contributed by atoms with van der Waals surface area (Å²) in [7, 11) is 1.87. The van der Waals surface area contributed by atoms with Crippen LogP contribution in [0.1, 0.15) is 43.1 Å².